The summed E-state index contributed by atoms with van der Waals surface area (Å²) in [6.07, 6.45) is 3.91. The molecule has 3 aromatic rings. The van der Waals surface area contributed by atoms with Gasteiger partial charge in [-0.3, -0.25) is 9.79 Å². The lowest BCUT2D eigenvalue weighted by atomic mass is 9.72. The van der Waals surface area contributed by atoms with E-state index in [1.54, 1.807) is 18.2 Å². The fraction of sp³-hybridized carbons (Fsp3) is 0.391. The van der Waals surface area contributed by atoms with Crippen LogP contribution in [0.1, 0.15) is 41.9 Å². The standard InChI is InChI=1S/C23H26F2N8O2S/c1-4-23(16(10-36-21(26)32-23)19(34)22(3,24)25)15-7-14(6-5-13(15)2)31-20(35)17-8-29-18(9-28-17)33-12-27-11-30-33/h5-9,11-12,16,19,34H,4,10H2,1-3H3,(H2,26,32)(H,31,35)/t16-,19+,23-/m1/s1. The number of hydrogen-bond acceptors (Lipinski definition) is 9. The molecule has 0 saturated carbocycles. The Morgan fingerprint density at radius 1 is 1.39 bits per heavy atom. The van der Waals surface area contributed by atoms with Gasteiger partial charge in [-0.2, -0.15) is 5.10 Å². The van der Waals surface area contributed by atoms with Crippen molar-refractivity contribution in [1.82, 2.24) is 24.7 Å². The second kappa shape index (κ2) is 9.90. The summed E-state index contributed by atoms with van der Waals surface area (Å²) in [4.78, 5) is 29.6. The van der Waals surface area contributed by atoms with Crippen molar-refractivity contribution in [3.05, 3.63) is 60.1 Å². The van der Waals surface area contributed by atoms with Crippen LogP contribution >= 0.6 is 11.8 Å². The van der Waals surface area contributed by atoms with Crippen molar-refractivity contribution in [1.29, 1.82) is 0 Å². The maximum Gasteiger partial charge on any atom is 0.275 e. The van der Waals surface area contributed by atoms with Crippen LogP contribution in [-0.2, 0) is 5.54 Å². The minimum Gasteiger partial charge on any atom is -0.386 e. The van der Waals surface area contributed by atoms with Crippen LogP contribution in [0.4, 0.5) is 14.5 Å². The molecule has 1 aliphatic rings. The Bertz CT molecular complexity index is 1260. The zero-order chi connectivity index (χ0) is 26.1. The zero-order valence-electron chi connectivity index (χ0n) is 19.9. The molecule has 190 valence electrons. The van der Waals surface area contributed by atoms with E-state index in [2.05, 4.69) is 30.4 Å². The van der Waals surface area contributed by atoms with Crippen molar-refractivity contribution in [3.63, 3.8) is 0 Å². The van der Waals surface area contributed by atoms with Crippen molar-refractivity contribution in [3.8, 4) is 5.82 Å². The summed E-state index contributed by atoms with van der Waals surface area (Å²) < 4.78 is 29.9. The quantitative estimate of drug-likeness (QED) is 0.435. The third-order valence-corrected chi connectivity index (χ3v) is 7.17. The normalized spacial score (nSPS) is 21.1. The van der Waals surface area contributed by atoms with E-state index < -0.39 is 29.4 Å². The van der Waals surface area contributed by atoms with E-state index in [0.29, 0.717) is 30.4 Å². The molecular weight excluding hydrogens is 490 g/mol. The van der Waals surface area contributed by atoms with Gasteiger partial charge in [0.15, 0.2) is 11.0 Å². The van der Waals surface area contributed by atoms with E-state index in [1.807, 2.05) is 13.8 Å². The van der Waals surface area contributed by atoms with E-state index in [4.69, 9.17) is 5.73 Å². The molecule has 0 radical (unpaired) electrons. The van der Waals surface area contributed by atoms with E-state index in [-0.39, 0.29) is 16.6 Å². The summed E-state index contributed by atoms with van der Waals surface area (Å²) in [5.41, 5.74) is 6.70. The number of halogens is 2. The second-order valence-corrected chi connectivity index (χ2v) is 9.67. The summed E-state index contributed by atoms with van der Waals surface area (Å²) in [5.74, 6) is -4.16. The number of thioether (sulfide) groups is 1. The number of aliphatic hydroxyl groups excluding tert-OH is 1. The van der Waals surface area contributed by atoms with Crippen molar-refractivity contribution in [2.24, 2.45) is 16.6 Å². The van der Waals surface area contributed by atoms with Gasteiger partial charge in [0.2, 0.25) is 0 Å². The number of amides is 1. The number of nitrogens with one attached hydrogen (secondary N) is 1. The molecule has 0 aliphatic carbocycles. The molecule has 4 N–H and O–H groups in total. The largest absolute Gasteiger partial charge is 0.386 e. The molecule has 0 fully saturated rings. The van der Waals surface area contributed by atoms with Gasteiger partial charge in [-0.25, -0.2) is 28.4 Å². The summed E-state index contributed by atoms with van der Waals surface area (Å²) in [6.45, 7) is 4.34. The third-order valence-electron chi connectivity index (χ3n) is 6.26. The van der Waals surface area contributed by atoms with Gasteiger partial charge in [-0.15, -0.1) is 0 Å². The number of carbonyl (C=O) groups is 1. The molecule has 0 saturated heterocycles. The number of aryl methyl sites for hydroxylation is 1. The van der Waals surface area contributed by atoms with Gasteiger partial charge < -0.3 is 16.2 Å². The van der Waals surface area contributed by atoms with E-state index in [0.717, 1.165) is 17.3 Å². The fourth-order valence-corrected chi connectivity index (χ4v) is 5.40. The SMILES string of the molecule is CC[C@]1(c2cc(NC(=O)c3cnc(-n4cncn4)cn3)ccc2C)N=C(N)SC[C@@H]1[C@H](O)C(C)(F)F. The number of hydrogen-bond donors (Lipinski definition) is 3. The van der Waals surface area contributed by atoms with Gasteiger partial charge in [0, 0.05) is 24.3 Å². The Morgan fingerprint density at radius 2 is 2.17 bits per heavy atom. The van der Waals surface area contributed by atoms with Gasteiger partial charge in [0.1, 0.15) is 24.5 Å². The van der Waals surface area contributed by atoms with Gasteiger partial charge in [-0.1, -0.05) is 24.8 Å². The number of alkyl halides is 2. The van der Waals surface area contributed by atoms with Crippen molar-refractivity contribution >= 4 is 28.5 Å². The van der Waals surface area contributed by atoms with Crippen molar-refractivity contribution in [2.45, 2.75) is 44.8 Å². The van der Waals surface area contributed by atoms with E-state index >= 15 is 0 Å². The monoisotopic (exact) mass is 516 g/mol. The van der Waals surface area contributed by atoms with Crippen LogP contribution in [0.2, 0.25) is 0 Å². The molecule has 0 unspecified atom stereocenters. The molecule has 10 nitrogen and oxygen atoms in total. The number of benzene rings is 1. The van der Waals surface area contributed by atoms with Gasteiger partial charge in [0.25, 0.3) is 11.8 Å². The minimum absolute atomic E-state index is 0.0708. The maximum atomic E-state index is 14.2. The van der Waals surface area contributed by atoms with Crippen LogP contribution in [0.3, 0.4) is 0 Å². The molecule has 3 heterocycles. The average molecular weight is 517 g/mol. The highest BCUT2D eigenvalue weighted by Gasteiger charge is 2.52. The number of aliphatic imine (C=N–C) groups is 1. The van der Waals surface area contributed by atoms with Crippen LogP contribution in [0.15, 0.2) is 48.2 Å². The first-order valence-corrected chi connectivity index (χ1v) is 12.2. The predicted molar refractivity (Wildman–Crippen MR) is 132 cm³/mol. The highest BCUT2D eigenvalue weighted by molar-refractivity contribution is 8.13. The number of rotatable bonds is 7. The molecule has 36 heavy (non-hydrogen) atoms. The molecule has 1 aromatic carbocycles. The Hall–Kier alpha value is -3.45. The first-order valence-electron chi connectivity index (χ1n) is 11.2. The number of anilines is 1. The average Bonchev–Trinajstić information content (AvgIpc) is 3.39. The molecule has 3 atom stereocenters. The van der Waals surface area contributed by atoms with Crippen LogP contribution in [0.5, 0.6) is 0 Å². The Balaban J connectivity index is 1.66. The molecule has 13 heteroatoms. The van der Waals surface area contributed by atoms with Crippen LogP contribution < -0.4 is 11.1 Å². The lowest BCUT2D eigenvalue weighted by Gasteiger charge is -2.44. The number of amidine groups is 1. The highest BCUT2D eigenvalue weighted by atomic mass is 32.2. The topological polar surface area (TPSA) is 144 Å². The molecule has 1 amide bonds. The molecular formula is C23H26F2N8O2S. The van der Waals surface area contributed by atoms with Crippen molar-refractivity contribution < 1.29 is 18.7 Å². The van der Waals surface area contributed by atoms with Crippen LogP contribution in [0.25, 0.3) is 5.82 Å². The summed E-state index contributed by atoms with van der Waals surface area (Å²) >= 11 is 1.14. The number of carbonyl (C=O) groups excluding carboxylic acids is 1. The van der Waals surface area contributed by atoms with Crippen LogP contribution in [0, 0.1) is 12.8 Å². The predicted octanol–water partition coefficient (Wildman–Crippen LogP) is 2.92. The number of nitrogens with zero attached hydrogens (tertiary/aromatic N) is 6. The molecule has 1 aliphatic heterocycles. The Labute approximate surface area is 210 Å². The number of nitrogens with two attached hydrogens (primary N) is 1. The molecule has 0 bridgehead atoms. The summed E-state index contributed by atoms with van der Waals surface area (Å²) in [7, 11) is 0. The zero-order valence-corrected chi connectivity index (χ0v) is 20.7. The smallest absolute Gasteiger partial charge is 0.275 e. The third kappa shape index (κ3) is 4.93. The molecule has 0 spiro atoms. The summed E-state index contributed by atoms with van der Waals surface area (Å²) in [5, 5.41) is 17.6. The molecule has 2 aromatic heterocycles. The first kappa shape index (κ1) is 25.6. The fourth-order valence-electron chi connectivity index (χ4n) is 4.37. The van der Waals surface area contributed by atoms with E-state index in [9.17, 15) is 18.7 Å². The van der Waals surface area contributed by atoms with Gasteiger partial charge >= 0.3 is 0 Å². The highest BCUT2D eigenvalue weighted by Crippen LogP contribution is 2.48. The first-order chi connectivity index (χ1) is 17.0. The molecule has 4 rings (SSSR count). The maximum absolute atomic E-state index is 14.2. The van der Waals surface area contributed by atoms with Crippen LogP contribution in [-0.4, -0.2) is 58.7 Å². The lowest BCUT2D eigenvalue weighted by molar-refractivity contribution is -0.127. The van der Waals surface area contributed by atoms with E-state index in [1.165, 1.54) is 29.7 Å². The van der Waals surface area contributed by atoms with Gasteiger partial charge in [0.05, 0.1) is 17.9 Å². The second-order valence-electron chi connectivity index (χ2n) is 8.63. The minimum atomic E-state index is -3.33. The van der Waals surface area contributed by atoms with Crippen molar-refractivity contribution in [2.75, 3.05) is 11.1 Å². The lowest BCUT2D eigenvalue weighted by Crippen LogP contribution is -2.51. The van der Waals surface area contributed by atoms with Gasteiger partial charge in [-0.05, 0) is 36.6 Å². The Morgan fingerprint density at radius 3 is 2.78 bits per heavy atom. The Kier molecular flexibility index (Phi) is 7.05. The number of aliphatic hydroxyl groups is 1. The number of aromatic nitrogens is 5. The summed E-state index contributed by atoms with van der Waals surface area (Å²) in [6, 6.07) is 5.15.